The third kappa shape index (κ3) is 6.05. The number of aryl methyl sites for hydroxylation is 1. The molecule has 0 fully saturated rings. The molecule has 0 aliphatic rings. The van der Waals surface area contributed by atoms with E-state index >= 15 is 0 Å². The summed E-state index contributed by atoms with van der Waals surface area (Å²) in [6.45, 7) is 1.44. The second-order valence-corrected chi connectivity index (χ2v) is 9.81. The molecule has 0 saturated heterocycles. The highest BCUT2D eigenvalue weighted by atomic mass is 32.2. The maximum atomic E-state index is 13.1. The summed E-state index contributed by atoms with van der Waals surface area (Å²) in [6.07, 6.45) is -2.67. The van der Waals surface area contributed by atoms with Crippen molar-refractivity contribution < 1.29 is 26.4 Å². The first-order valence-electron chi connectivity index (χ1n) is 9.17. The van der Waals surface area contributed by atoms with Crippen molar-refractivity contribution in [2.45, 2.75) is 19.6 Å². The van der Waals surface area contributed by atoms with Gasteiger partial charge in [-0.3, -0.25) is 9.78 Å². The Morgan fingerprint density at radius 2 is 1.91 bits per heavy atom. The first-order chi connectivity index (χ1) is 15.4. The lowest BCUT2D eigenvalue weighted by Crippen LogP contribution is -2.30. The zero-order chi connectivity index (χ0) is 24.4. The van der Waals surface area contributed by atoms with E-state index in [1.165, 1.54) is 17.0 Å². The molecule has 0 saturated carbocycles. The van der Waals surface area contributed by atoms with Gasteiger partial charge in [-0.25, -0.2) is 18.1 Å². The molecule has 0 radical (unpaired) electrons. The van der Waals surface area contributed by atoms with Gasteiger partial charge in [-0.05, 0) is 43.3 Å². The largest absolute Gasteiger partial charge is 0.416 e. The number of sulfonamides is 1. The van der Waals surface area contributed by atoms with E-state index < -0.39 is 27.7 Å². The average Bonchev–Trinajstić information content (AvgIpc) is 3.12. The first kappa shape index (κ1) is 24.1. The van der Waals surface area contributed by atoms with Crippen molar-refractivity contribution in [2.24, 2.45) is 0 Å². The van der Waals surface area contributed by atoms with Crippen molar-refractivity contribution in [2.75, 3.05) is 11.2 Å². The van der Waals surface area contributed by atoms with Crippen molar-refractivity contribution >= 4 is 38.1 Å². The molecule has 0 atom stereocenters. The van der Waals surface area contributed by atoms with Crippen LogP contribution in [0.25, 0.3) is 0 Å². The summed E-state index contributed by atoms with van der Waals surface area (Å²) in [5.74, 6) is -0.922. The summed E-state index contributed by atoms with van der Waals surface area (Å²) >= 11 is 1.05. The lowest BCUT2D eigenvalue weighted by molar-refractivity contribution is -0.137. The van der Waals surface area contributed by atoms with Crippen LogP contribution in [0.1, 0.15) is 32.2 Å². The fourth-order valence-corrected chi connectivity index (χ4v) is 4.17. The van der Waals surface area contributed by atoms with Crippen LogP contribution in [0.3, 0.4) is 0 Å². The van der Waals surface area contributed by atoms with Gasteiger partial charge in [0.25, 0.3) is 5.91 Å². The lowest BCUT2D eigenvalue weighted by Gasteiger charge is -2.22. The SMILES string of the molecule is Cc1sc(N(Cc2cc(C(F)(F)F)ccn2)c2ccc(C#N)cc2)nc1C(=O)NS(C)(=O)=O. The van der Waals surface area contributed by atoms with Gasteiger partial charge in [0.15, 0.2) is 5.13 Å². The van der Waals surface area contributed by atoms with E-state index in [1.807, 2.05) is 10.8 Å². The van der Waals surface area contributed by atoms with Crippen LogP contribution in [0.15, 0.2) is 42.6 Å². The van der Waals surface area contributed by atoms with Gasteiger partial charge in [-0.15, -0.1) is 11.3 Å². The summed E-state index contributed by atoms with van der Waals surface area (Å²) in [7, 11) is -3.82. The van der Waals surface area contributed by atoms with Gasteiger partial charge in [0.2, 0.25) is 10.0 Å². The third-order valence-corrected chi connectivity index (χ3v) is 5.83. The minimum atomic E-state index is -4.55. The number of hydrogen-bond acceptors (Lipinski definition) is 8. The van der Waals surface area contributed by atoms with Gasteiger partial charge in [-0.2, -0.15) is 18.4 Å². The Morgan fingerprint density at radius 1 is 1.24 bits per heavy atom. The Bertz CT molecular complexity index is 1330. The number of nitrogens with one attached hydrogen (secondary N) is 1. The number of alkyl halides is 3. The zero-order valence-corrected chi connectivity index (χ0v) is 18.8. The number of amides is 1. The summed E-state index contributed by atoms with van der Waals surface area (Å²) in [5.41, 5.74) is -0.0486. The van der Waals surface area contributed by atoms with Gasteiger partial charge >= 0.3 is 6.18 Å². The maximum Gasteiger partial charge on any atom is 0.416 e. The molecule has 0 spiro atoms. The Balaban J connectivity index is 2.04. The van der Waals surface area contributed by atoms with E-state index in [4.69, 9.17) is 5.26 Å². The molecular formula is C20H16F3N5O3S2. The predicted molar refractivity (Wildman–Crippen MR) is 115 cm³/mol. The van der Waals surface area contributed by atoms with Crippen molar-refractivity contribution in [1.29, 1.82) is 5.26 Å². The van der Waals surface area contributed by atoms with Crippen LogP contribution in [0.5, 0.6) is 0 Å². The van der Waals surface area contributed by atoms with Gasteiger partial charge in [-0.1, -0.05) is 0 Å². The van der Waals surface area contributed by atoms with Crippen LogP contribution in [0, 0.1) is 18.3 Å². The number of halogens is 3. The molecule has 33 heavy (non-hydrogen) atoms. The van der Waals surface area contributed by atoms with Gasteiger partial charge in [0, 0.05) is 16.8 Å². The first-order valence-corrected chi connectivity index (χ1v) is 11.9. The molecule has 13 heteroatoms. The van der Waals surface area contributed by atoms with E-state index in [0.717, 1.165) is 35.9 Å². The van der Waals surface area contributed by atoms with E-state index in [-0.39, 0.29) is 23.1 Å². The fourth-order valence-electron chi connectivity index (χ4n) is 2.81. The molecule has 0 aliphatic heterocycles. The number of benzene rings is 1. The monoisotopic (exact) mass is 495 g/mol. The van der Waals surface area contributed by atoms with Crippen LogP contribution in [0.2, 0.25) is 0 Å². The minimum absolute atomic E-state index is 0.0872. The van der Waals surface area contributed by atoms with Crippen molar-refractivity contribution in [3.63, 3.8) is 0 Å². The zero-order valence-electron chi connectivity index (χ0n) is 17.2. The number of carbonyl (C=O) groups is 1. The Morgan fingerprint density at radius 3 is 2.48 bits per heavy atom. The van der Waals surface area contributed by atoms with Crippen LogP contribution >= 0.6 is 11.3 Å². The highest BCUT2D eigenvalue weighted by Crippen LogP contribution is 2.34. The number of thiazole rings is 1. The molecule has 3 rings (SSSR count). The van der Waals surface area contributed by atoms with Crippen LogP contribution in [0.4, 0.5) is 24.0 Å². The summed E-state index contributed by atoms with van der Waals surface area (Å²) in [4.78, 5) is 22.5. The van der Waals surface area contributed by atoms with E-state index in [0.29, 0.717) is 16.1 Å². The predicted octanol–water partition coefficient (Wildman–Crippen LogP) is 3.76. The molecule has 2 heterocycles. The van der Waals surface area contributed by atoms with Gasteiger partial charge in [0.1, 0.15) is 5.69 Å². The lowest BCUT2D eigenvalue weighted by atomic mass is 10.2. The van der Waals surface area contributed by atoms with Crippen molar-refractivity contribution in [3.8, 4) is 6.07 Å². The Labute approximate surface area is 191 Å². The van der Waals surface area contributed by atoms with Gasteiger partial charge < -0.3 is 4.90 Å². The van der Waals surface area contributed by atoms with Crippen LogP contribution in [-0.2, 0) is 22.7 Å². The number of carbonyl (C=O) groups excluding carboxylic acids is 1. The Kier molecular flexibility index (Phi) is 6.71. The molecule has 2 aromatic heterocycles. The maximum absolute atomic E-state index is 13.1. The number of aromatic nitrogens is 2. The number of pyridine rings is 1. The summed E-state index contributed by atoms with van der Waals surface area (Å²) in [5, 5.41) is 9.27. The fraction of sp³-hybridized carbons (Fsp3) is 0.200. The molecular weight excluding hydrogens is 479 g/mol. The smallest absolute Gasteiger partial charge is 0.312 e. The van der Waals surface area contributed by atoms with E-state index in [9.17, 15) is 26.4 Å². The van der Waals surface area contributed by atoms with Crippen LogP contribution in [-0.4, -0.2) is 30.5 Å². The molecule has 1 aromatic carbocycles. The number of nitriles is 1. The topological polar surface area (TPSA) is 116 Å². The second kappa shape index (κ2) is 9.16. The number of hydrogen-bond donors (Lipinski definition) is 1. The summed E-state index contributed by atoms with van der Waals surface area (Å²) < 4.78 is 64.1. The molecule has 8 nitrogen and oxygen atoms in total. The van der Waals surface area contributed by atoms with Gasteiger partial charge in [0.05, 0.1) is 35.7 Å². The molecule has 0 aliphatic carbocycles. The number of rotatable bonds is 6. The van der Waals surface area contributed by atoms with E-state index in [1.54, 1.807) is 19.1 Å². The molecule has 172 valence electrons. The average molecular weight is 496 g/mol. The molecule has 1 amide bonds. The van der Waals surface area contributed by atoms with E-state index in [2.05, 4.69) is 9.97 Å². The van der Waals surface area contributed by atoms with Crippen molar-refractivity contribution in [1.82, 2.24) is 14.7 Å². The molecule has 0 bridgehead atoms. The molecule has 1 N–H and O–H groups in total. The minimum Gasteiger partial charge on any atom is -0.312 e. The summed E-state index contributed by atoms with van der Waals surface area (Å²) in [6, 6.07) is 9.97. The normalized spacial score (nSPS) is 11.6. The number of anilines is 2. The Hall–Kier alpha value is -3.50. The third-order valence-electron chi connectivity index (χ3n) is 4.28. The quantitative estimate of drug-likeness (QED) is 0.553. The molecule has 0 unspecified atom stereocenters. The highest BCUT2D eigenvalue weighted by Gasteiger charge is 2.31. The highest BCUT2D eigenvalue weighted by molar-refractivity contribution is 7.89. The second-order valence-electron chi connectivity index (χ2n) is 6.88. The van der Waals surface area contributed by atoms with Crippen molar-refractivity contribution in [3.05, 3.63) is 70.0 Å². The molecule has 3 aromatic rings. The standard InChI is InChI=1S/C20H16F3N5O3S2/c1-12-17(18(29)27-33(2,30)31)26-19(32-12)28(16-5-3-13(10-24)4-6-16)11-15-9-14(7-8-25-15)20(21,22)23/h3-9H,11H2,1-2H3,(H,27,29). The van der Waals surface area contributed by atoms with Crippen LogP contribution < -0.4 is 9.62 Å². The number of nitrogens with zero attached hydrogens (tertiary/aromatic N) is 4.